The maximum Gasteiger partial charge on any atom is 0.435 e. The molecule has 1 N–H and O–H groups in total. The minimum absolute atomic E-state index is 0.105. The van der Waals surface area contributed by atoms with Crippen molar-refractivity contribution in [2.24, 2.45) is 0 Å². The first-order valence-electron chi connectivity index (χ1n) is 8.30. The quantitative estimate of drug-likeness (QED) is 0.811. The van der Waals surface area contributed by atoms with Gasteiger partial charge < -0.3 is 4.90 Å². The van der Waals surface area contributed by atoms with Gasteiger partial charge in [0, 0.05) is 25.4 Å². The summed E-state index contributed by atoms with van der Waals surface area (Å²) in [5.74, 6) is 0.507. The molecule has 5 nitrogen and oxygen atoms in total. The summed E-state index contributed by atoms with van der Waals surface area (Å²) in [5.41, 5.74) is 2.11. The fraction of sp³-hybridized carbons (Fsp3) is 0.389. The normalized spacial score (nSPS) is 16.2. The molecule has 0 fully saturated rings. The summed E-state index contributed by atoms with van der Waals surface area (Å²) in [4.78, 5) is 7.03. The molecule has 2 heterocycles. The molecular formula is C18H21F3N4OS. The zero-order valence-corrected chi connectivity index (χ0v) is 16.3. The van der Waals surface area contributed by atoms with Gasteiger partial charge in [-0.25, -0.2) is 4.68 Å². The third kappa shape index (κ3) is 4.24. The van der Waals surface area contributed by atoms with Crippen molar-refractivity contribution in [1.82, 2.24) is 15.3 Å². The van der Waals surface area contributed by atoms with Gasteiger partial charge in [0.1, 0.15) is 11.4 Å². The number of rotatable bonds is 5. The fourth-order valence-electron chi connectivity index (χ4n) is 2.79. The van der Waals surface area contributed by atoms with Crippen molar-refractivity contribution in [1.29, 1.82) is 0 Å². The zero-order chi connectivity index (χ0) is 19.8. The van der Waals surface area contributed by atoms with Gasteiger partial charge in [0.25, 0.3) is 0 Å². The van der Waals surface area contributed by atoms with Crippen LogP contribution in [0, 0.1) is 0 Å². The van der Waals surface area contributed by atoms with Crippen molar-refractivity contribution in [3.8, 4) is 5.69 Å². The summed E-state index contributed by atoms with van der Waals surface area (Å²) in [6, 6.07) is 8.81. The Bertz CT molecular complexity index is 844. The van der Waals surface area contributed by atoms with Crippen molar-refractivity contribution in [3.05, 3.63) is 52.7 Å². The number of benzene rings is 1. The molecule has 0 saturated carbocycles. The van der Waals surface area contributed by atoms with Crippen LogP contribution in [-0.4, -0.2) is 29.5 Å². The van der Waals surface area contributed by atoms with E-state index in [2.05, 4.69) is 10.6 Å². The Morgan fingerprint density at radius 2 is 1.89 bits per heavy atom. The van der Waals surface area contributed by atoms with E-state index in [4.69, 9.17) is 4.84 Å². The summed E-state index contributed by atoms with van der Waals surface area (Å²) < 4.78 is 42.4. The summed E-state index contributed by atoms with van der Waals surface area (Å²) >= 11 is 1.25. The van der Waals surface area contributed by atoms with Crippen molar-refractivity contribution in [3.63, 3.8) is 0 Å². The third-order valence-electron chi connectivity index (χ3n) is 3.91. The van der Waals surface area contributed by atoms with Crippen LogP contribution >= 0.6 is 11.8 Å². The first-order valence-corrected chi connectivity index (χ1v) is 9.28. The number of nitrogens with zero attached hydrogens (tertiary/aromatic N) is 3. The molecule has 0 bridgehead atoms. The van der Waals surface area contributed by atoms with Gasteiger partial charge in [-0.15, -0.1) is 11.8 Å². The molecule has 1 aromatic heterocycles. The predicted molar refractivity (Wildman–Crippen MR) is 101 cm³/mol. The van der Waals surface area contributed by atoms with Crippen LogP contribution in [0.5, 0.6) is 0 Å². The monoisotopic (exact) mass is 398 g/mol. The minimum Gasteiger partial charge on any atom is -0.362 e. The highest BCUT2D eigenvalue weighted by Gasteiger charge is 2.40. The highest BCUT2D eigenvalue weighted by Crippen LogP contribution is 2.40. The largest absolute Gasteiger partial charge is 0.435 e. The van der Waals surface area contributed by atoms with Crippen molar-refractivity contribution >= 4 is 17.6 Å². The third-order valence-corrected chi connectivity index (χ3v) is 4.86. The van der Waals surface area contributed by atoms with Gasteiger partial charge >= 0.3 is 6.18 Å². The molecule has 1 aliphatic heterocycles. The van der Waals surface area contributed by atoms with Gasteiger partial charge in [0.2, 0.25) is 0 Å². The number of anilines is 1. The number of aromatic nitrogens is 2. The predicted octanol–water partition coefficient (Wildman–Crippen LogP) is 4.35. The van der Waals surface area contributed by atoms with E-state index < -0.39 is 17.5 Å². The molecule has 0 aliphatic carbocycles. The zero-order valence-electron chi connectivity index (χ0n) is 15.5. The lowest BCUT2D eigenvalue weighted by molar-refractivity contribution is -0.141. The summed E-state index contributed by atoms with van der Waals surface area (Å²) in [5, 5.41) is 4.60. The molecule has 0 saturated heterocycles. The molecule has 0 spiro atoms. The molecule has 0 unspecified atom stereocenters. The van der Waals surface area contributed by atoms with E-state index in [0.29, 0.717) is 16.5 Å². The van der Waals surface area contributed by atoms with Crippen LogP contribution in [0.4, 0.5) is 19.0 Å². The van der Waals surface area contributed by atoms with Crippen LogP contribution in [0.3, 0.4) is 0 Å². The van der Waals surface area contributed by atoms with E-state index in [1.807, 2.05) is 26.0 Å². The molecule has 1 aromatic carbocycles. The number of para-hydroxylation sites is 1. The second kappa shape index (κ2) is 7.12. The molecule has 0 amide bonds. The second-order valence-electron chi connectivity index (χ2n) is 6.90. The lowest BCUT2D eigenvalue weighted by Gasteiger charge is -2.17. The lowest BCUT2D eigenvalue weighted by Crippen LogP contribution is -2.20. The van der Waals surface area contributed by atoms with Gasteiger partial charge in [-0.1, -0.05) is 18.2 Å². The highest BCUT2D eigenvalue weighted by atomic mass is 32.2. The standard InChI is InChI=1S/C18H21F3N4OS/c1-17(2)10-14(23-26-17)27-11-13-15(18(19,20)21)22-25(16(13)24(3)4)12-8-6-5-7-9-12/h5-10,23H,11H2,1-4H3. The van der Waals surface area contributed by atoms with Crippen LogP contribution in [0.15, 0.2) is 41.4 Å². The molecule has 3 rings (SSSR count). The van der Waals surface area contributed by atoms with Gasteiger partial charge in [0.15, 0.2) is 5.69 Å². The Kier molecular flexibility index (Phi) is 5.18. The van der Waals surface area contributed by atoms with Gasteiger partial charge in [-0.2, -0.15) is 18.3 Å². The van der Waals surface area contributed by atoms with E-state index in [0.717, 1.165) is 0 Å². The van der Waals surface area contributed by atoms with Crippen molar-refractivity contribution in [2.75, 3.05) is 19.0 Å². The van der Waals surface area contributed by atoms with E-state index in [1.54, 1.807) is 43.3 Å². The van der Waals surface area contributed by atoms with E-state index in [9.17, 15) is 13.2 Å². The average molecular weight is 398 g/mol. The molecule has 0 radical (unpaired) electrons. The fourth-order valence-corrected chi connectivity index (χ4v) is 3.82. The molecule has 1 aliphatic rings. The van der Waals surface area contributed by atoms with Crippen molar-refractivity contribution in [2.45, 2.75) is 31.4 Å². The van der Waals surface area contributed by atoms with E-state index >= 15 is 0 Å². The SMILES string of the molecule is CN(C)c1c(CSC2=CC(C)(C)ON2)c(C(F)(F)F)nn1-c1ccccc1. The first-order chi connectivity index (χ1) is 12.6. The smallest absolute Gasteiger partial charge is 0.362 e. The molecule has 0 atom stereocenters. The Morgan fingerprint density at radius 3 is 2.41 bits per heavy atom. The van der Waals surface area contributed by atoms with E-state index in [1.165, 1.54) is 16.4 Å². The summed E-state index contributed by atoms with van der Waals surface area (Å²) in [6.07, 6.45) is -2.70. The van der Waals surface area contributed by atoms with Crippen LogP contribution in [0.2, 0.25) is 0 Å². The Balaban J connectivity index is 2.04. The number of thioether (sulfide) groups is 1. The second-order valence-corrected chi connectivity index (χ2v) is 7.91. The van der Waals surface area contributed by atoms with Crippen LogP contribution in [0.25, 0.3) is 5.69 Å². The Morgan fingerprint density at radius 1 is 1.22 bits per heavy atom. The average Bonchev–Trinajstić information content (AvgIpc) is 3.13. The molecular weight excluding hydrogens is 377 g/mol. The number of hydrogen-bond acceptors (Lipinski definition) is 5. The number of halogens is 3. The van der Waals surface area contributed by atoms with E-state index in [-0.39, 0.29) is 11.3 Å². The molecule has 146 valence electrons. The number of nitrogens with one attached hydrogen (secondary N) is 1. The maximum absolute atomic E-state index is 13.7. The van der Waals surface area contributed by atoms with Crippen molar-refractivity contribution < 1.29 is 18.0 Å². The Hall–Kier alpha value is -2.13. The summed E-state index contributed by atoms with van der Waals surface area (Å²) in [6.45, 7) is 3.74. The van der Waals surface area contributed by atoms with Crippen LogP contribution in [-0.2, 0) is 16.8 Å². The maximum atomic E-state index is 13.7. The lowest BCUT2D eigenvalue weighted by atomic mass is 10.1. The van der Waals surface area contributed by atoms with Crippen LogP contribution < -0.4 is 10.4 Å². The first kappa shape index (κ1) is 19.6. The molecule has 9 heteroatoms. The molecule has 2 aromatic rings. The molecule has 27 heavy (non-hydrogen) atoms. The van der Waals surface area contributed by atoms with Gasteiger partial charge in [0.05, 0.1) is 10.7 Å². The van der Waals surface area contributed by atoms with Crippen LogP contribution in [0.1, 0.15) is 25.1 Å². The number of hydrogen-bond donors (Lipinski definition) is 1. The minimum atomic E-state index is -4.55. The van der Waals surface area contributed by atoms with Gasteiger partial charge in [-0.05, 0) is 32.1 Å². The topological polar surface area (TPSA) is 42.3 Å². The summed E-state index contributed by atoms with van der Waals surface area (Å²) in [7, 11) is 3.42. The Labute approximate surface area is 160 Å². The number of alkyl halides is 3. The highest BCUT2D eigenvalue weighted by molar-refractivity contribution is 8.02. The number of hydroxylamine groups is 1. The van der Waals surface area contributed by atoms with Gasteiger partial charge in [-0.3, -0.25) is 10.3 Å².